The number of nitrogens with one attached hydrogen (secondary N) is 2. The molecule has 0 saturated carbocycles. The lowest BCUT2D eigenvalue weighted by atomic mass is 10.2. The van der Waals surface area contributed by atoms with Crippen molar-refractivity contribution in [1.29, 1.82) is 0 Å². The summed E-state index contributed by atoms with van der Waals surface area (Å²) in [5, 5.41) is 4.17. The van der Waals surface area contributed by atoms with Gasteiger partial charge < -0.3 is 10.6 Å². The minimum Gasteiger partial charge on any atom is -0.323 e. The fourth-order valence-electron chi connectivity index (χ4n) is 1.80. The third-order valence-corrected chi connectivity index (χ3v) is 2.94. The number of rotatable bonds is 4. The standard InChI is InChI=1S/C17H12F4N2O2/c18-12-3-1-2-11(10-12)4-9-15(24)22-13-5-7-14(8-6-13)23-16(25)17(19,20)21/h1-10H,(H,22,24)(H,23,25)/b9-4+. The third-order valence-electron chi connectivity index (χ3n) is 2.94. The first-order chi connectivity index (χ1) is 11.7. The van der Waals surface area contributed by atoms with Gasteiger partial charge in [0.1, 0.15) is 5.82 Å². The third kappa shape index (κ3) is 5.76. The van der Waals surface area contributed by atoms with Crippen LogP contribution in [-0.2, 0) is 9.59 Å². The molecule has 0 aliphatic carbocycles. The molecule has 25 heavy (non-hydrogen) atoms. The Kier molecular flexibility index (Phi) is 5.53. The van der Waals surface area contributed by atoms with Crippen LogP contribution in [0.3, 0.4) is 0 Å². The zero-order chi connectivity index (χ0) is 18.4. The molecule has 0 saturated heterocycles. The van der Waals surface area contributed by atoms with Crippen molar-refractivity contribution < 1.29 is 27.2 Å². The summed E-state index contributed by atoms with van der Waals surface area (Å²) in [6.45, 7) is 0. The molecule has 2 N–H and O–H groups in total. The molecule has 0 fully saturated rings. The van der Waals surface area contributed by atoms with E-state index in [2.05, 4.69) is 5.32 Å². The van der Waals surface area contributed by atoms with Gasteiger partial charge in [0.15, 0.2) is 0 Å². The Hall–Kier alpha value is -3.16. The Morgan fingerprint density at radius 2 is 1.52 bits per heavy atom. The Morgan fingerprint density at radius 1 is 0.920 bits per heavy atom. The summed E-state index contributed by atoms with van der Waals surface area (Å²) in [6.07, 6.45) is -2.38. The molecule has 0 heterocycles. The Morgan fingerprint density at radius 3 is 2.08 bits per heavy atom. The molecule has 130 valence electrons. The summed E-state index contributed by atoms with van der Waals surface area (Å²) in [4.78, 5) is 22.6. The SMILES string of the molecule is O=C(/C=C/c1cccc(F)c1)Nc1ccc(NC(=O)C(F)(F)F)cc1. The number of carbonyl (C=O) groups is 2. The van der Waals surface area contributed by atoms with Crippen molar-refractivity contribution in [1.82, 2.24) is 0 Å². The van der Waals surface area contributed by atoms with Crippen LogP contribution in [0.25, 0.3) is 6.08 Å². The van der Waals surface area contributed by atoms with Gasteiger partial charge in [-0.15, -0.1) is 0 Å². The average Bonchev–Trinajstić information content (AvgIpc) is 2.54. The van der Waals surface area contributed by atoms with Gasteiger partial charge in [-0.05, 0) is 48.0 Å². The predicted octanol–water partition coefficient (Wildman–Crippen LogP) is 3.98. The van der Waals surface area contributed by atoms with E-state index in [0.29, 0.717) is 11.3 Å². The van der Waals surface area contributed by atoms with Gasteiger partial charge >= 0.3 is 12.1 Å². The summed E-state index contributed by atoms with van der Waals surface area (Å²) in [6, 6.07) is 10.7. The van der Waals surface area contributed by atoms with Crippen LogP contribution in [0.15, 0.2) is 54.6 Å². The Balaban J connectivity index is 1.94. The molecule has 0 radical (unpaired) electrons. The van der Waals surface area contributed by atoms with Crippen LogP contribution >= 0.6 is 0 Å². The smallest absolute Gasteiger partial charge is 0.323 e. The molecule has 2 aromatic rings. The number of benzene rings is 2. The molecular weight excluding hydrogens is 340 g/mol. The molecular formula is C17H12F4N2O2. The highest BCUT2D eigenvalue weighted by atomic mass is 19.4. The number of anilines is 2. The van der Waals surface area contributed by atoms with Gasteiger partial charge in [-0.1, -0.05) is 12.1 Å². The van der Waals surface area contributed by atoms with Crippen molar-refractivity contribution in [3.8, 4) is 0 Å². The molecule has 8 heteroatoms. The monoisotopic (exact) mass is 352 g/mol. The summed E-state index contributed by atoms with van der Waals surface area (Å²) < 4.78 is 49.4. The van der Waals surface area contributed by atoms with Crippen molar-refractivity contribution in [2.75, 3.05) is 10.6 Å². The summed E-state index contributed by atoms with van der Waals surface area (Å²) in [5.74, 6) is -3.02. The minimum atomic E-state index is -4.98. The highest BCUT2D eigenvalue weighted by Gasteiger charge is 2.38. The highest BCUT2D eigenvalue weighted by Crippen LogP contribution is 2.19. The number of hydrogen-bond acceptors (Lipinski definition) is 2. The quantitative estimate of drug-likeness (QED) is 0.646. The van der Waals surface area contributed by atoms with E-state index in [9.17, 15) is 27.2 Å². The van der Waals surface area contributed by atoms with Crippen LogP contribution in [0.5, 0.6) is 0 Å². The number of amides is 2. The maximum absolute atomic E-state index is 13.0. The van der Waals surface area contributed by atoms with Gasteiger partial charge in [0.05, 0.1) is 0 Å². The molecule has 2 aromatic carbocycles. The van der Waals surface area contributed by atoms with E-state index in [4.69, 9.17) is 0 Å². The van der Waals surface area contributed by atoms with Crippen molar-refractivity contribution in [3.05, 3.63) is 66.0 Å². The van der Waals surface area contributed by atoms with E-state index in [1.807, 2.05) is 0 Å². The lowest BCUT2D eigenvalue weighted by Crippen LogP contribution is -2.29. The zero-order valence-corrected chi connectivity index (χ0v) is 12.6. The number of alkyl halides is 3. The normalized spacial score (nSPS) is 11.4. The molecule has 2 amide bonds. The first kappa shape index (κ1) is 18.2. The van der Waals surface area contributed by atoms with Crippen LogP contribution in [0.4, 0.5) is 28.9 Å². The van der Waals surface area contributed by atoms with Crippen LogP contribution in [-0.4, -0.2) is 18.0 Å². The van der Waals surface area contributed by atoms with Gasteiger partial charge in [-0.3, -0.25) is 9.59 Å². The topological polar surface area (TPSA) is 58.2 Å². The van der Waals surface area contributed by atoms with Crippen LogP contribution in [0.1, 0.15) is 5.56 Å². The van der Waals surface area contributed by atoms with E-state index in [1.165, 1.54) is 54.6 Å². The van der Waals surface area contributed by atoms with Crippen LogP contribution in [0, 0.1) is 5.82 Å². The van der Waals surface area contributed by atoms with Crippen molar-refractivity contribution in [3.63, 3.8) is 0 Å². The summed E-state index contributed by atoms with van der Waals surface area (Å²) >= 11 is 0. The lowest BCUT2D eigenvalue weighted by Gasteiger charge is -2.08. The molecule has 0 spiro atoms. The summed E-state index contributed by atoms with van der Waals surface area (Å²) in [7, 11) is 0. The number of halogens is 4. The maximum Gasteiger partial charge on any atom is 0.471 e. The lowest BCUT2D eigenvalue weighted by molar-refractivity contribution is -0.167. The number of carbonyl (C=O) groups excluding carboxylic acids is 2. The van der Waals surface area contributed by atoms with E-state index < -0.39 is 23.8 Å². The van der Waals surface area contributed by atoms with Crippen molar-refractivity contribution in [2.45, 2.75) is 6.18 Å². The molecule has 0 atom stereocenters. The average molecular weight is 352 g/mol. The van der Waals surface area contributed by atoms with Crippen LogP contribution < -0.4 is 10.6 Å². The fourth-order valence-corrected chi connectivity index (χ4v) is 1.80. The predicted molar refractivity (Wildman–Crippen MR) is 85.2 cm³/mol. The second kappa shape index (κ2) is 7.61. The van der Waals surface area contributed by atoms with Gasteiger partial charge in [0.25, 0.3) is 0 Å². The van der Waals surface area contributed by atoms with Crippen molar-refractivity contribution >= 4 is 29.3 Å². The van der Waals surface area contributed by atoms with E-state index in [-0.39, 0.29) is 5.69 Å². The molecule has 0 unspecified atom stereocenters. The molecule has 2 rings (SSSR count). The second-order valence-corrected chi connectivity index (χ2v) is 4.91. The second-order valence-electron chi connectivity index (χ2n) is 4.91. The zero-order valence-electron chi connectivity index (χ0n) is 12.6. The molecule has 0 aromatic heterocycles. The first-order valence-electron chi connectivity index (χ1n) is 6.97. The van der Waals surface area contributed by atoms with E-state index in [0.717, 1.165) is 0 Å². The first-order valence-corrected chi connectivity index (χ1v) is 6.97. The van der Waals surface area contributed by atoms with Crippen molar-refractivity contribution in [2.24, 2.45) is 0 Å². The highest BCUT2D eigenvalue weighted by molar-refractivity contribution is 6.02. The molecule has 0 aliphatic heterocycles. The number of hydrogen-bond donors (Lipinski definition) is 2. The van der Waals surface area contributed by atoms with Gasteiger partial charge in [0, 0.05) is 17.5 Å². The minimum absolute atomic E-state index is 0.0596. The summed E-state index contributed by atoms with van der Waals surface area (Å²) in [5.41, 5.74) is 0.759. The fraction of sp³-hybridized carbons (Fsp3) is 0.0588. The van der Waals surface area contributed by atoms with Gasteiger partial charge in [-0.2, -0.15) is 13.2 Å². The Bertz CT molecular complexity index is 799. The maximum atomic E-state index is 13.0. The molecule has 4 nitrogen and oxygen atoms in total. The van der Waals surface area contributed by atoms with Gasteiger partial charge in [-0.25, -0.2) is 4.39 Å². The van der Waals surface area contributed by atoms with Crippen LogP contribution in [0.2, 0.25) is 0 Å². The van der Waals surface area contributed by atoms with E-state index >= 15 is 0 Å². The molecule has 0 bridgehead atoms. The van der Waals surface area contributed by atoms with Gasteiger partial charge in [0.2, 0.25) is 5.91 Å². The molecule has 0 aliphatic rings. The largest absolute Gasteiger partial charge is 0.471 e. The Labute approximate surface area is 140 Å². The van der Waals surface area contributed by atoms with E-state index in [1.54, 1.807) is 11.4 Å².